The van der Waals surface area contributed by atoms with E-state index in [2.05, 4.69) is 22.8 Å². The molecule has 0 aromatic carbocycles. The van der Waals surface area contributed by atoms with Crippen LogP contribution in [-0.4, -0.2) is 35.5 Å². The van der Waals surface area contributed by atoms with Gasteiger partial charge in [0.25, 0.3) is 0 Å². The summed E-state index contributed by atoms with van der Waals surface area (Å²) in [7, 11) is 0. The van der Waals surface area contributed by atoms with Gasteiger partial charge in [-0.3, -0.25) is 4.89 Å². The summed E-state index contributed by atoms with van der Waals surface area (Å²) in [5, 5.41) is 15.9. The molecule has 98 valence electrons. The molecule has 0 aliphatic rings. The van der Waals surface area contributed by atoms with Gasteiger partial charge >= 0.3 is 11.9 Å². The maximum absolute atomic E-state index is 10.5. The molecule has 6 nitrogen and oxygen atoms in total. The van der Waals surface area contributed by atoms with E-state index in [1.165, 1.54) is 0 Å². The highest BCUT2D eigenvalue weighted by atomic mass is 17.1. The Bertz CT molecular complexity index is 268. The van der Waals surface area contributed by atoms with Crippen LogP contribution in [0, 0.1) is 0 Å². The molecule has 0 aromatic rings. The third-order valence-electron chi connectivity index (χ3n) is 1.47. The summed E-state index contributed by atoms with van der Waals surface area (Å²) < 4.78 is 4.46. The number of esters is 1. The predicted octanol–water partition coefficient (Wildman–Crippen LogP) is 1.07. The Balaban J connectivity index is 0. The molecule has 6 heteroatoms. The lowest BCUT2D eigenvalue weighted by Crippen LogP contribution is -2.08. The first-order valence-corrected chi connectivity index (χ1v) is 4.87. The molecule has 17 heavy (non-hydrogen) atoms. The summed E-state index contributed by atoms with van der Waals surface area (Å²) in [4.78, 5) is 24.0. The molecule has 0 heterocycles. The third-order valence-corrected chi connectivity index (χ3v) is 1.47. The van der Waals surface area contributed by atoms with Crippen molar-refractivity contribution in [1.82, 2.24) is 0 Å². The van der Waals surface area contributed by atoms with Gasteiger partial charge < -0.3 is 9.84 Å². The number of hydrogen-bond donors (Lipinski definition) is 2. The fourth-order valence-electron chi connectivity index (χ4n) is 0.470. The summed E-state index contributed by atoms with van der Waals surface area (Å²) in [6, 6.07) is 0. The summed E-state index contributed by atoms with van der Waals surface area (Å²) in [5.41, 5.74) is 0.621. The maximum atomic E-state index is 10.5. The van der Waals surface area contributed by atoms with E-state index in [1.807, 2.05) is 0 Å². The number of carbonyl (C=O) groups excluding carboxylic acids is 2. The molecule has 0 rings (SSSR count). The van der Waals surface area contributed by atoms with Crippen molar-refractivity contribution in [3.63, 3.8) is 0 Å². The van der Waals surface area contributed by atoms with Gasteiger partial charge in [-0.25, -0.2) is 9.59 Å². The Hall–Kier alpha value is -1.66. The SMILES string of the molecule is C=C(C)C(=O)OCCO.C=C(CC)C(=O)OO. The number of ether oxygens (including phenoxy) is 1. The molecule has 2 N–H and O–H groups in total. The number of hydrogen-bond acceptors (Lipinski definition) is 6. The van der Waals surface area contributed by atoms with Crippen molar-refractivity contribution in [2.45, 2.75) is 20.3 Å². The van der Waals surface area contributed by atoms with E-state index in [-0.39, 0.29) is 18.8 Å². The quantitative estimate of drug-likeness (QED) is 0.326. The number of aliphatic hydroxyl groups excluding tert-OH is 1. The second-order valence-corrected chi connectivity index (χ2v) is 2.98. The van der Waals surface area contributed by atoms with Gasteiger partial charge in [0.2, 0.25) is 0 Å². The van der Waals surface area contributed by atoms with Crippen LogP contribution in [0.1, 0.15) is 20.3 Å². The summed E-state index contributed by atoms with van der Waals surface area (Å²) >= 11 is 0. The van der Waals surface area contributed by atoms with Crippen LogP contribution in [0.4, 0.5) is 0 Å². The van der Waals surface area contributed by atoms with Crippen molar-refractivity contribution in [2.75, 3.05) is 13.2 Å². The maximum Gasteiger partial charge on any atom is 0.368 e. The van der Waals surface area contributed by atoms with Gasteiger partial charge in [0.1, 0.15) is 6.61 Å². The Labute approximate surface area is 100 Å². The fraction of sp³-hybridized carbons (Fsp3) is 0.455. The average Bonchev–Trinajstić information content (AvgIpc) is 2.34. The lowest BCUT2D eigenvalue weighted by atomic mass is 10.2. The molecule has 0 aliphatic carbocycles. The molecular formula is C11H18O6. The van der Waals surface area contributed by atoms with Crippen molar-refractivity contribution in [1.29, 1.82) is 0 Å². The largest absolute Gasteiger partial charge is 0.460 e. The Morgan fingerprint density at radius 1 is 1.24 bits per heavy atom. The Morgan fingerprint density at radius 2 is 1.76 bits per heavy atom. The van der Waals surface area contributed by atoms with Crippen LogP contribution in [0.2, 0.25) is 0 Å². The topological polar surface area (TPSA) is 93.1 Å². The van der Waals surface area contributed by atoms with Crippen LogP contribution in [0.5, 0.6) is 0 Å². The molecular weight excluding hydrogens is 228 g/mol. The van der Waals surface area contributed by atoms with Gasteiger partial charge in [0, 0.05) is 11.1 Å². The van der Waals surface area contributed by atoms with Crippen molar-refractivity contribution in [3.8, 4) is 0 Å². The van der Waals surface area contributed by atoms with Crippen LogP contribution in [0.3, 0.4) is 0 Å². The standard InChI is InChI=1S/C6H10O3.C5H8O3/c1-5(2)6(8)9-4-3-7;1-3-4(2)5(6)8-7/h7H,1,3-4H2,2H3;7H,2-3H2,1H3. The van der Waals surface area contributed by atoms with Crippen molar-refractivity contribution < 1.29 is 29.6 Å². The third kappa shape index (κ3) is 10.6. The minimum atomic E-state index is -0.757. The molecule has 0 atom stereocenters. The summed E-state index contributed by atoms with van der Waals surface area (Å²) in [6.45, 7) is 9.87. The van der Waals surface area contributed by atoms with Gasteiger partial charge in [0.05, 0.1) is 6.61 Å². The highest BCUT2D eigenvalue weighted by Gasteiger charge is 2.03. The van der Waals surface area contributed by atoms with Crippen molar-refractivity contribution >= 4 is 11.9 Å². The van der Waals surface area contributed by atoms with Gasteiger partial charge in [0.15, 0.2) is 0 Å². The highest BCUT2D eigenvalue weighted by Crippen LogP contribution is 1.96. The first-order chi connectivity index (χ1) is 7.90. The average molecular weight is 246 g/mol. The summed E-state index contributed by atoms with van der Waals surface area (Å²) in [6.07, 6.45) is 0.499. The molecule has 0 aromatic heterocycles. The van der Waals surface area contributed by atoms with Gasteiger partial charge in [-0.2, -0.15) is 5.26 Å². The van der Waals surface area contributed by atoms with E-state index in [0.717, 1.165) is 0 Å². The van der Waals surface area contributed by atoms with E-state index in [0.29, 0.717) is 12.0 Å². The van der Waals surface area contributed by atoms with E-state index in [9.17, 15) is 9.59 Å². The first-order valence-electron chi connectivity index (χ1n) is 4.87. The second kappa shape index (κ2) is 10.8. The van der Waals surface area contributed by atoms with Crippen LogP contribution >= 0.6 is 0 Å². The Kier molecular flexibility index (Phi) is 11.3. The molecule has 0 radical (unpaired) electrons. The second-order valence-electron chi connectivity index (χ2n) is 2.98. The molecule has 0 amide bonds. The monoisotopic (exact) mass is 246 g/mol. The molecule has 0 fully saturated rings. The lowest BCUT2D eigenvalue weighted by molar-refractivity contribution is -0.229. The van der Waals surface area contributed by atoms with E-state index in [1.54, 1.807) is 13.8 Å². The smallest absolute Gasteiger partial charge is 0.368 e. The Morgan fingerprint density at radius 3 is 2.00 bits per heavy atom. The van der Waals surface area contributed by atoms with Gasteiger partial charge in [-0.1, -0.05) is 20.1 Å². The summed E-state index contributed by atoms with van der Waals surface area (Å²) in [5.74, 6) is -1.21. The minimum absolute atomic E-state index is 0.0473. The molecule has 0 saturated heterocycles. The lowest BCUT2D eigenvalue weighted by Gasteiger charge is -1.99. The van der Waals surface area contributed by atoms with Crippen molar-refractivity contribution in [3.05, 3.63) is 24.3 Å². The van der Waals surface area contributed by atoms with Gasteiger partial charge in [-0.05, 0) is 13.3 Å². The zero-order valence-corrected chi connectivity index (χ0v) is 10.1. The number of rotatable bonds is 5. The number of aliphatic hydroxyl groups is 1. The normalized spacial score (nSPS) is 8.47. The van der Waals surface area contributed by atoms with E-state index in [4.69, 9.17) is 10.4 Å². The van der Waals surface area contributed by atoms with E-state index >= 15 is 0 Å². The number of carbonyl (C=O) groups is 2. The van der Waals surface area contributed by atoms with Crippen LogP contribution < -0.4 is 0 Å². The zero-order valence-electron chi connectivity index (χ0n) is 10.1. The van der Waals surface area contributed by atoms with Crippen molar-refractivity contribution in [2.24, 2.45) is 0 Å². The first kappa shape index (κ1) is 17.7. The van der Waals surface area contributed by atoms with Crippen LogP contribution in [0.25, 0.3) is 0 Å². The zero-order chi connectivity index (χ0) is 13.8. The molecule has 0 bridgehead atoms. The van der Waals surface area contributed by atoms with Gasteiger partial charge in [-0.15, -0.1) is 0 Å². The molecule has 0 saturated carbocycles. The van der Waals surface area contributed by atoms with Crippen LogP contribution in [-0.2, 0) is 19.2 Å². The fourth-order valence-corrected chi connectivity index (χ4v) is 0.470. The molecule has 0 unspecified atom stereocenters. The highest BCUT2D eigenvalue weighted by molar-refractivity contribution is 5.87. The molecule has 0 spiro atoms. The van der Waals surface area contributed by atoms with E-state index < -0.39 is 11.9 Å². The minimum Gasteiger partial charge on any atom is -0.460 e. The predicted molar refractivity (Wildman–Crippen MR) is 61.0 cm³/mol. The van der Waals surface area contributed by atoms with Crippen LogP contribution in [0.15, 0.2) is 24.3 Å². The molecule has 0 aliphatic heterocycles.